The Hall–Kier alpha value is -3.65. The van der Waals surface area contributed by atoms with Crippen molar-refractivity contribution >= 4 is 5.78 Å². The molecule has 0 bridgehead atoms. The van der Waals surface area contributed by atoms with Crippen LogP contribution in [-0.2, 0) is 5.41 Å². The van der Waals surface area contributed by atoms with Gasteiger partial charge in [-0.2, -0.15) is 0 Å². The molecule has 158 valence electrons. The molecule has 5 rings (SSSR count). The summed E-state index contributed by atoms with van der Waals surface area (Å²) in [7, 11) is 1.68. The molecule has 1 fully saturated rings. The van der Waals surface area contributed by atoms with Crippen LogP contribution in [0.5, 0.6) is 5.75 Å². The molecule has 1 aliphatic rings. The highest BCUT2D eigenvalue weighted by Gasteiger charge is 2.58. The lowest BCUT2D eigenvalue weighted by Gasteiger charge is -2.56. The van der Waals surface area contributed by atoms with Crippen molar-refractivity contribution in [1.29, 1.82) is 0 Å². The molecule has 4 aromatic rings. The standard InChI is InChI=1S/C30H26O2/c1-32-26-19-17-22(18-20-26)28-27(29(31)23-11-5-2-6-12-23)21-30(28,24-13-7-3-8-14-24)25-15-9-4-10-16-25/h2-20,27-28H,21H2,1H3/t27?,28-/m0/s1. The van der Waals surface area contributed by atoms with Crippen molar-refractivity contribution in [2.24, 2.45) is 5.92 Å². The van der Waals surface area contributed by atoms with Crippen LogP contribution in [-0.4, -0.2) is 12.9 Å². The third-order valence-corrected chi connectivity index (χ3v) is 6.92. The van der Waals surface area contributed by atoms with E-state index >= 15 is 0 Å². The number of Topliss-reactive ketones (excluding diaryl/α,β-unsaturated/α-hetero) is 1. The molecule has 2 heteroatoms. The van der Waals surface area contributed by atoms with Crippen LogP contribution >= 0.6 is 0 Å². The average Bonchev–Trinajstić information content (AvgIpc) is 2.86. The second kappa shape index (κ2) is 8.47. The van der Waals surface area contributed by atoms with E-state index in [2.05, 4.69) is 72.8 Å². The number of ketones is 1. The first-order valence-corrected chi connectivity index (χ1v) is 11.1. The molecular formula is C30H26O2. The number of carbonyl (C=O) groups excluding carboxylic acids is 1. The Morgan fingerprint density at radius 1 is 0.719 bits per heavy atom. The van der Waals surface area contributed by atoms with E-state index in [9.17, 15) is 4.79 Å². The number of carbonyl (C=O) groups is 1. The monoisotopic (exact) mass is 418 g/mol. The predicted molar refractivity (Wildman–Crippen MR) is 128 cm³/mol. The molecule has 2 atom stereocenters. The summed E-state index contributed by atoms with van der Waals surface area (Å²) < 4.78 is 5.40. The van der Waals surface area contributed by atoms with E-state index in [1.54, 1.807) is 7.11 Å². The Morgan fingerprint density at radius 3 is 1.72 bits per heavy atom. The highest BCUT2D eigenvalue weighted by Crippen LogP contribution is 2.62. The van der Waals surface area contributed by atoms with E-state index in [4.69, 9.17) is 4.74 Å². The molecule has 4 aromatic carbocycles. The topological polar surface area (TPSA) is 26.3 Å². The van der Waals surface area contributed by atoms with Crippen LogP contribution in [0.25, 0.3) is 0 Å². The molecule has 0 spiro atoms. The van der Waals surface area contributed by atoms with E-state index in [-0.39, 0.29) is 23.0 Å². The lowest BCUT2D eigenvalue weighted by molar-refractivity contribution is 0.0671. The fourth-order valence-electron chi connectivity index (χ4n) is 5.40. The minimum atomic E-state index is -0.258. The van der Waals surface area contributed by atoms with Crippen molar-refractivity contribution in [1.82, 2.24) is 0 Å². The van der Waals surface area contributed by atoms with Crippen LogP contribution in [0.1, 0.15) is 39.4 Å². The van der Waals surface area contributed by atoms with Crippen molar-refractivity contribution < 1.29 is 9.53 Å². The van der Waals surface area contributed by atoms with Crippen LogP contribution in [0.2, 0.25) is 0 Å². The van der Waals surface area contributed by atoms with Gasteiger partial charge in [0.2, 0.25) is 0 Å². The summed E-state index contributed by atoms with van der Waals surface area (Å²) in [6, 6.07) is 39.2. The largest absolute Gasteiger partial charge is 0.497 e. The molecule has 0 amide bonds. The summed E-state index contributed by atoms with van der Waals surface area (Å²) in [5, 5.41) is 0. The van der Waals surface area contributed by atoms with E-state index < -0.39 is 0 Å². The lowest BCUT2D eigenvalue weighted by atomic mass is 9.45. The summed E-state index contributed by atoms with van der Waals surface area (Å²) in [4.78, 5) is 13.7. The summed E-state index contributed by atoms with van der Waals surface area (Å²) >= 11 is 0. The molecule has 0 saturated heterocycles. The van der Waals surface area contributed by atoms with E-state index in [0.29, 0.717) is 0 Å². The zero-order valence-electron chi connectivity index (χ0n) is 18.1. The van der Waals surface area contributed by atoms with Crippen molar-refractivity contribution in [3.05, 3.63) is 138 Å². The minimum Gasteiger partial charge on any atom is -0.497 e. The summed E-state index contributed by atoms with van der Waals surface area (Å²) in [6.07, 6.45) is 0.783. The van der Waals surface area contributed by atoms with Crippen LogP contribution < -0.4 is 4.74 Å². The van der Waals surface area contributed by atoms with E-state index in [0.717, 1.165) is 17.7 Å². The average molecular weight is 419 g/mol. The molecule has 2 nitrogen and oxygen atoms in total. The van der Waals surface area contributed by atoms with Gasteiger partial charge in [0, 0.05) is 22.8 Å². The first-order valence-electron chi connectivity index (χ1n) is 11.1. The maximum atomic E-state index is 13.7. The van der Waals surface area contributed by atoms with Crippen LogP contribution in [0.3, 0.4) is 0 Å². The van der Waals surface area contributed by atoms with Crippen LogP contribution in [0.15, 0.2) is 115 Å². The van der Waals surface area contributed by atoms with Gasteiger partial charge in [0.25, 0.3) is 0 Å². The molecule has 32 heavy (non-hydrogen) atoms. The maximum Gasteiger partial charge on any atom is 0.166 e. The second-order valence-electron chi connectivity index (χ2n) is 8.50. The number of hydrogen-bond acceptors (Lipinski definition) is 2. The van der Waals surface area contributed by atoms with Crippen molar-refractivity contribution in [3.63, 3.8) is 0 Å². The molecule has 1 aliphatic carbocycles. The van der Waals surface area contributed by atoms with Gasteiger partial charge in [0.15, 0.2) is 5.78 Å². The van der Waals surface area contributed by atoms with Crippen molar-refractivity contribution in [2.75, 3.05) is 7.11 Å². The second-order valence-corrected chi connectivity index (χ2v) is 8.50. The van der Waals surface area contributed by atoms with Gasteiger partial charge in [0.1, 0.15) is 5.75 Å². The number of methoxy groups -OCH3 is 1. The third kappa shape index (κ3) is 3.33. The van der Waals surface area contributed by atoms with Crippen LogP contribution in [0.4, 0.5) is 0 Å². The normalized spacial score (nSPS) is 19.0. The molecule has 0 aliphatic heterocycles. The van der Waals surface area contributed by atoms with Crippen molar-refractivity contribution in [2.45, 2.75) is 17.8 Å². The molecule has 0 aromatic heterocycles. The molecule has 1 saturated carbocycles. The van der Waals surface area contributed by atoms with Gasteiger partial charge in [-0.15, -0.1) is 0 Å². The van der Waals surface area contributed by atoms with Gasteiger partial charge in [-0.05, 0) is 35.2 Å². The molecule has 1 unspecified atom stereocenters. The number of ether oxygens (including phenoxy) is 1. The molecule has 0 N–H and O–H groups in total. The maximum absolute atomic E-state index is 13.7. The van der Waals surface area contributed by atoms with Gasteiger partial charge < -0.3 is 4.74 Å². The van der Waals surface area contributed by atoms with Crippen molar-refractivity contribution in [3.8, 4) is 5.75 Å². The number of hydrogen-bond donors (Lipinski definition) is 0. The smallest absolute Gasteiger partial charge is 0.166 e. The highest BCUT2D eigenvalue weighted by atomic mass is 16.5. The molecule has 0 heterocycles. The first-order chi connectivity index (χ1) is 15.7. The highest BCUT2D eigenvalue weighted by molar-refractivity contribution is 5.99. The Kier molecular flexibility index (Phi) is 5.36. The van der Waals surface area contributed by atoms with E-state index in [1.165, 1.54) is 16.7 Å². The van der Waals surface area contributed by atoms with Gasteiger partial charge >= 0.3 is 0 Å². The fourth-order valence-corrected chi connectivity index (χ4v) is 5.40. The zero-order valence-corrected chi connectivity index (χ0v) is 18.1. The summed E-state index contributed by atoms with van der Waals surface area (Å²) in [5.74, 6) is 0.982. The minimum absolute atomic E-state index is 0.0333. The Labute approximate surface area is 189 Å². The SMILES string of the molecule is COc1ccc([C@H]2C(C(=O)c3ccccc3)CC2(c2ccccc2)c2ccccc2)cc1. The molecule has 0 radical (unpaired) electrons. The number of rotatable bonds is 6. The van der Waals surface area contributed by atoms with Gasteiger partial charge in [-0.25, -0.2) is 0 Å². The fraction of sp³-hybridized carbons (Fsp3) is 0.167. The lowest BCUT2D eigenvalue weighted by Crippen LogP contribution is -2.53. The van der Waals surface area contributed by atoms with Crippen LogP contribution in [0, 0.1) is 5.92 Å². The van der Waals surface area contributed by atoms with E-state index in [1.807, 2.05) is 42.5 Å². The Balaban J connectivity index is 1.67. The quantitative estimate of drug-likeness (QED) is 0.327. The first kappa shape index (κ1) is 20.3. The Morgan fingerprint density at radius 2 is 1.22 bits per heavy atom. The third-order valence-electron chi connectivity index (χ3n) is 6.92. The predicted octanol–water partition coefficient (Wildman–Crippen LogP) is 6.67. The van der Waals surface area contributed by atoms with Gasteiger partial charge in [-0.3, -0.25) is 4.79 Å². The molecular weight excluding hydrogens is 392 g/mol. The zero-order chi connectivity index (χ0) is 22.0. The summed E-state index contributed by atoms with van der Waals surface area (Å²) in [6.45, 7) is 0. The van der Waals surface area contributed by atoms with Gasteiger partial charge in [0.05, 0.1) is 7.11 Å². The van der Waals surface area contributed by atoms with Gasteiger partial charge in [-0.1, -0.05) is 103 Å². The summed E-state index contributed by atoms with van der Waals surface area (Å²) in [5.41, 5.74) is 4.20. The number of benzene rings is 4. The Bertz CT molecular complexity index is 1140.